The van der Waals surface area contributed by atoms with Crippen LogP contribution in [-0.4, -0.2) is 15.5 Å². The van der Waals surface area contributed by atoms with Gasteiger partial charge in [0.05, 0.1) is 6.10 Å². The summed E-state index contributed by atoms with van der Waals surface area (Å²) in [7, 11) is 0. The molecule has 5 heteroatoms. The molecule has 90 valence electrons. The SMILES string of the molecule is Cc1cc(-c2nc(Br)ns2)ccc1OC(C)C. The van der Waals surface area contributed by atoms with Crippen LogP contribution in [0.3, 0.4) is 0 Å². The van der Waals surface area contributed by atoms with Crippen molar-refractivity contribution in [2.75, 3.05) is 0 Å². The molecule has 0 fully saturated rings. The maximum absolute atomic E-state index is 5.70. The first-order chi connectivity index (χ1) is 8.06. The van der Waals surface area contributed by atoms with Crippen LogP contribution in [-0.2, 0) is 0 Å². The van der Waals surface area contributed by atoms with Crippen LogP contribution in [0.2, 0.25) is 0 Å². The Bertz CT molecular complexity index is 525. The maximum atomic E-state index is 5.70. The molecule has 0 amide bonds. The van der Waals surface area contributed by atoms with Gasteiger partial charge in [0.15, 0.2) is 0 Å². The number of hydrogen-bond donors (Lipinski definition) is 0. The van der Waals surface area contributed by atoms with Gasteiger partial charge in [0.1, 0.15) is 10.8 Å². The molecule has 1 aromatic carbocycles. The van der Waals surface area contributed by atoms with Gasteiger partial charge in [-0.25, -0.2) is 4.98 Å². The predicted molar refractivity (Wildman–Crippen MR) is 73.5 cm³/mol. The van der Waals surface area contributed by atoms with Gasteiger partial charge < -0.3 is 4.74 Å². The van der Waals surface area contributed by atoms with Gasteiger partial charge in [-0.15, -0.1) is 0 Å². The van der Waals surface area contributed by atoms with E-state index in [1.165, 1.54) is 11.5 Å². The van der Waals surface area contributed by atoms with E-state index in [4.69, 9.17) is 4.74 Å². The number of aromatic nitrogens is 2. The highest BCUT2D eigenvalue weighted by Gasteiger charge is 2.08. The van der Waals surface area contributed by atoms with Crippen LogP contribution in [0.25, 0.3) is 10.6 Å². The van der Waals surface area contributed by atoms with E-state index in [0.29, 0.717) is 4.73 Å². The molecule has 0 aliphatic heterocycles. The van der Waals surface area contributed by atoms with E-state index in [-0.39, 0.29) is 6.10 Å². The summed E-state index contributed by atoms with van der Waals surface area (Å²) in [5, 5.41) is 0.913. The Kier molecular flexibility index (Phi) is 3.79. The lowest BCUT2D eigenvalue weighted by Crippen LogP contribution is -2.06. The molecule has 0 aliphatic rings. The van der Waals surface area contributed by atoms with Crippen LogP contribution in [0.5, 0.6) is 5.75 Å². The Hall–Kier alpha value is -0.940. The number of aryl methyl sites for hydroxylation is 1. The second kappa shape index (κ2) is 5.14. The lowest BCUT2D eigenvalue weighted by atomic mass is 10.1. The molecule has 1 aromatic heterocycles. The number of hydrogen-bond acceptors (Lipinski definition) is 4. The number of rotatable bonds is 3. The molecule has 3 nitrogen and oxygen atoms in total. The van der Waals surface area contributed by atoms with Crippen molar-refractivity contribution in [3.8, 4) is 16.3 Å². The Morgan fingerprint density at radius 1 is 1.35 bits per heavy atom. The summed E-state index contributed by atoms with van der Waals surface area (Å²) in [5.41, 5.74) is 2.18. The molecular weight excluding hydrogens is 300 g/mol. The normalized spacial score (nSPS) is 10.9. The summed E-state index contributed by atoms with van der Waals surface area (Å²) in [5.74, 6) is 0.923. The maximum Gasteiger partial charge on any atom is 0.209 e. The van der Waals surface area contributed by atoms with Gasteiger partial charge >= 0.3 is 0 Å². The van der Waals surface area contributed by atoms with E-state index >= 15 is 0 Å². The van der Waals surface area contributed by atoms with Gasteiger partial charge in [0.25, 0.3) is 0 Å². The van der Waals surface area contributed by atoms with Crippen LogP contribution in [0, 0.1) is 6.92 Å². The number of nitrogens with zero attached hydrogens (tertiary/aromatic N) is 2. The van der Waals surface area contributed by atoms with Gasteiger partial charge in [-0.05, 0) is 72.0 Å². The first kappa shape index (κ1) is 12.5. The summed E-state index contributed by atoms with van der Waals surface area (Å²) in [6.07, 6.45) is 0.190. The van der Waals surface area contributed by atoms with Crippen LogP contribution >= 0.6 is 27.5 Å². The lowest BCUT2D eigenvalue weighted by molar-refractivity contribution is 0.241. The van der Waals surface area contributed by atoms with Gasteiger partial charge in [0.2, 0.25) is 4.73 Å². The summed E-state index contributed by atoms with van der Waals surface area (Å²) in [6, 6.07) is 6.07. The van der Waals surface area contributed by atoms with E-state index < -0.39 is 0 Å². The van der Waals surface area contributed by atoms with Crippen molar-refractivity contribution in [1.82, 2.24) is 9.36 Å². The first-order valence-electron chi connectivity index (χ1n) is 5.33. The molecule has 0 atom stereocenters. The van der Waals surface area contributed by atoms with Gasteiger partial charge in [0, 0.05) is 5.56 Å². The minimum absolute atomic E-state index is 0.190. The number of halogens is 1. The van der Waals surface area contributed by atoms with E-state index in [0.717, 1.165) is 21.9 Å². The minimum atomic E-state index is 0.190. The molecule has 0 saturated heterocycles. The Balaban J connectivity index is 2.30. The van der Waals surface area contributed by atoms with Gasteiger partial charge in [-0.3, -0.25) is 0 Å². The quantitative estimate of drug-likeness (QED) is 0.857. The number of ether oxygens (including phenoxy) is 1. The highest BCUT2D eigenvalue weighted by atomic mass is 79.9. The third-order valence-electron chi connectivity index (χ3n) is 2.19. The zero-order valence-electron chi connectivity index (χ0n) is 9.90. The third kappa shape index (κ3) is 3.04. The summed E-state index contributed by atoms with van der Waals surface area (Å²) in [6.45, 7) is 6.09. The van der Waals surface area contributed by atoms with Crippen LogP contribution in [0.4, 0.5) is 0 Å². The highest BCUT2D eigenvalue weighted by Crippen LogP contribution is 2.28. The van der Waals surface area contributed by atoms with Crippen molar-refractivity contribution < 1.29 is 4.74 Å². The monoisotopic (exact) mass is 312 g/mol. The fourth-order valence-corrected chi connectivity index (χ4v) is 2.57. The Labute approximate surface area is 113 Å². The second-order valence-electron chi connectivity index (χ2n) is 4.02. The Morgan fingerprint density at radius 3 is 2.65 bits per heavy atom. The van der Waals surface area contributed by atoms with E-state index in [2.05, 4.69) is 31.4 Å². The van der Waals surface area contributed by atoms with Crippen LogP contribution < -0.4 is 4.74 Å². The topological polar surface area (TPSA) is 35.0 Å². The average Bonchev–Trinajstić information content (AvgIpc) is 2.67. The molecule has 0 aliphatic carbocycles. The highest BCUT2D eigenvalue weighted by molar-refractivity contribution is 9.10. The van der Waals surface area contributed by atoms with E-state index in [1.54, 1.807) is 0 Å². The summed E-state index contributed by atoms with van der Waals surface area (Å²) < 4.78 is 10.4. The van der Waals surface area contributed by atoms with Crippen molar-refractivity contribution >= 4 is 27.5 Å². The molecule has 2 rings (SSSR count). The van der Waals surface area contributed by atoms with Crippen LogP contribution in [0.15, 0.2) is 22.9 Å². The molecule has 0 spiro atoms. The molecule has 0 radical (unpaired) electrons. The first-order valence-corrected chi connectivity index (χ1v) is 6.90. The van der Waals surface area contributed by atoms with Crippen LogP contribution in [0.1, 0.15) is 19.4 Å². The number of benzene rings is 1. The fourth-order valence-electron chi connectivity index (χ4n) is 1.49. The predicted octanol–water partition coefficient (Wildman–Crippen LogP) is 4.06. The van der Waals surface area contributed by atoms with Crippen molar-refractivity contribution in [1.29, 1.82) is 0 Å². The molecule has 0 bridgehead atoms. The van der Waals surface area contributed by atoms with E-state index in [1.807, 2.05) is 32.9 Å². The largest absolute Gasteiger partial charge is 0.491 e. The molecule has 2 aromatic rings. The lowest BCUT2D eigenvalue weighted by Gasteiger charge is -2.12. The zero-order chi connectivity index (χ0) is 12.4. The van der Waals surface area contributed by atoms with Crippen molar-refractivity contribution in [2.24, 2.45) is 0 Å². The Morgan fingerprint density at radius 2 is 2.12 bits per heavy atom. The van der Waals surface area contributed by atoms with Crippen molar-refractivity contribution in [3.05, 3.63) is 28.5 Å². The van der Waals surface area contributed by atoms with Crippen molar-refractivity contribution in [3.63, 3.8) is 0 Å². The molecule has 0 unspecified atom stereocenters. The third-order valence-corrected chi connectivity index (χ3v) is 3.54. The summed E-state index contributed by atoms with van der Waals surface area (Å²) in [4.78, 5) is 4.30. The molecule has 0 N–H and O–H groups in total. The fraction of sp³-hybridized carbons (Fsp3) is 0.333. The second-order valence-corrected chi connectivity index (χ2v) is 5.48. The smallest absolute Gasteiger partial charge is 0.209 e. The van der Waals surface area contributed by atoms with E-state index in [9.17, 15) is 0 Å². The van der Waals surface area contributed by atoms with Gasteiger partial charge in [-0.1, -0.05) is 0 Å². The summed E-state index contributed by atoms with van der Waals surface area (Å²) >= 11 is 4.64. The standard InChI is InChI=1S/C12H13BrN2OS/c1-7(2)16-10-5-4-9(6-8(10)3)11-14-12(13)15-17-11/h4-7H,1-3H3. The molecule has 17 heavy (non-hydrogen) atoms. The molecule has 1 heterocycles. The molecule has 0 saturated carbocycles. The zero-order valence-corrected chi connectivity index (χ0v) is 12.3. The molecular formula is C12H13BrN2OS. The van der Waals surface area contributed by atoms with Crippen molar-refractivity contribution in [2.45, 2.75) is 26.9 Å². The van der Waals surface area contributed by atoms with Gasteiger partial charge in [-0.2, -0.15) is 4.37 Å². The minimum Gasteiger partial charge on any atom is -0.491 e. The average molecular weight is 313 g/mol.